The summed E-state index contributed by atoms with van der Waals surface area (Å²) in [6.45, 7) is 5.01. The first kappa shape index (κ1) is 19.5. The molecule has 140 valence electrons. The van der Waals surface area contributed by atoms with Gasteiger partial charge in [-0.05, 0) is 43.7 Å². The zero-order chi connectivity index (χ0) is 19.2. The van der Waals surface area contributed by atoms with E-state index in [1.165, 1.54) is 11.8 Å². The fourth-order valence-corrected chi connectivity index (χ4v) is 3.63. The number of carbonyl (C=O) groups excluding carboxylic acids is 1. The quantitative estimate of drug-likeness (QED) is 0.602. The third kappa shape index (κ3) is 4.90. The van der Waals surface area contributed by atoms with E-state index in [1.807, 2.05) is 60.9 Å². The lowest BCUT2D eigenvalue weighted by Crippen LogP contribution is -2.30. The van der Waals surface area contributed by atoms with Crippen LogP contribution in [-0.2, 0) is 11.3 Å². The van der Waals surface area contributed by atoms with Crippen molar-refractivity contribution in [1.82, 2.24) is 20.1 Å². The van der Waals surface area contributed by atoms with Gasteiger partial charge in [0.15, 0.2) is 11.0 Å². The van der Waals surface area contributed by atoms with Crippen molar-refractivity contribution in [2.45, 2.75) is 30.8 Å². The Kier molecular flexibility index (Phi) is 6.53. The standard InChI is InChI=1S/C20H21ClN4OS/c1-3-22-19(26)14(2)27-20-24-23-18(16-9-11-17(21)12-10-16)25(20)13-15-7-5-4-6-8-15/h4-12,14H,3,13H2,1-2H3,(H,22,26)/t14-/m1/s1. The van der Waals surface area contributed by atoms with E-state index in [0.29, 0.717) is 23.3 Å². The van der Waals surface area contributed by atoms with Gasteiger partial charge in [0.25, 0.3) is 0 Å². The average molecular weight is 401 g/mol. The number of aromatic nitrogens is 3. The van der Waals surface area contributed by atoms with Gasteiger partial charge in [-0.25, -0.2) is 0 Å². The van der Waals surface area contributed by atoms with E-state index in [1.54, 1.807) is 0 Å². The highest BCUT2D eigenvalue weighted by atomic mass is 35.5. The highest BCUT2D eigenvalue weighted by Crippen LogP contribution is 2.28. The highest BCUT2D eigenvalue weighted by Gasteiger charge is 2.20. The monoisotopic (exact) mass is 400 g/mol. The summed E-state index contributed by atoms with van der Waals surface area (Å²) in [5, 5.41) is 12.7. The predicted octanol–water partition coefficient (Wildman–Crippen LogP) is 4.26. The summed E-state index contributed by atoms with van der Waals surface area (Å²) in [6.07, 6.45) is 0. The van der Waals surface area contributed by atoms with Crippen LogP contribution in [0, 0.1) is 0 Å². The first-order chi connectivity index (χ1) is 13.1. The minimum Gasteiger partial charge on any atom is -0.355 e. The number of carbonyl (C=O) groups is 1. The van der Waals surface area contributed by atoms with Crippen molar-refractivity contribution in [3.63, 3.8) is 0 Å². The lowest BCUT2D eigenvalue weighted by molar-refractivity contribution is -0.120. The molecule has 1 amide bonds. The van der Waals surface area contributed by atoms with Crippen molar-refractivity contribution in [1.29, 1.82) is 0 Å². The van der Waals surface area contributed by atoms with Crippen LogP contribution in [0.2, 0.25) is 5.02 Å². The van der Waals surface area contributed by atoms with Crippen LogP contribution in [0.25, 0.3) is 11.4 Å². The van der Waals surface area contributed by atoms with Crippen LogP contribution in [0.4, 0.5) is 0 Å². The SMILES string of the molecule is CCNC(=O)[C@@H](C)Sc1nnc(-c2ccc(Cl)cc2)n1Cc1ccccc1. The van der Waals surface area contributed by atoms with Gasteiger partial charge >= 0.3 is 0 Å². The Hall–Kier alpha value is -2.31. The number of benzene rings is 2. The van der Waals surface area contributed by atoms with E-state index < -0.39 is 0 Å². The second kappa shape index (κ2) is 9.06. The van der Waals surface area contributed by atoms with E-state index in [0.717, 1.165) is 17.0 Å². The molecule has 1 aromatic heterocycles. The Balaban J connectivity index is 1.95. The van der Waals surface area contributed by atoms with Gasteiger partial charge in [0.05, 0.1) is 11.8 Å². The molecule has 7 heteroatoms. The minimum atomic E-state index is -0.262. The predicted molar refractivity (Wildman–Crippen MR) is 110 cm³/mol. The molecule has 1 atom stereocenters. The van der Waals surface area contributed by atoms with Crippen molar-refractivity contribution < 1.29 is 4.79 Å². The number of nitrogens with one attached hydrogen (secondary N) is 1. The lowest BCUT2D eigenvalue weighted by Gasteiger charge is -2.13. The van der Waals surface area contributed by atoms with Gasteiger partial charge < -0.3 is 5.32 Å². The van der Waals surface area contributed by atoms with E-state index >= 15 is 0 Å². The molecule has 0 unspecified atom stereocenters. The van der Waals surface area contributed by atoms with Gasteiger partial charge in [-0.3, -0.25) is 9.36 Å². The number of hydrogen-bond donors (Lipinski definition) is 1. The maximum absolute atomic E-state index is 12.1. The molecule has 27 heavy (non-hydrogen) atoms. The smallest absolute Gasteiger partial charge is 0.233 e. The maximum atomic E-state index is 12.1. The molecule has 0 aliphatic carbocycles. The number of hydrogen-bond acceptors (Lipinski definition) is 4. The molecule has 3 aromatic rings. The van der Waals surface area contributed by atoms with Gasteiger partial charge in [-0.15, -0.1) is 10.2 Å². The average Bonchev–Trinajstić information content (AvgIpc) is 3.05. The number of nitrogens with zero attached hydrogens (tertiary/aromatic N) is 3. The van der Waals surface area contributed by atoms with Crippen LogP contribution in [0.5, 0.6) is 0 Å². The molecule has 3 rings (SSSR count). The summed E-state index contributed by atoms with van der Waals surface area (Å²) in [5.74, 6) is 0.742. The normalized spacial score (nSPS) is 12.0. The van der Waals surface area contributed by atoms with E-state index in [9.17, 15) is 4.79 Å². The van der Waals surface area contributed by atoms with Crippen LogP contribution < -0.4 is 5.32 Å². The molecule has 1 heterocycles. The van der Waals surface area contributed by atoms with E-state index in [-0.39, 0.29) is 11.2 Å². The molecule has 0 aliphatic heterocycles. The Bertz CT molecular complexity index is 896. The fourth-order valence-electron chi connectivity index (χ4n) is 2.63. The summed E-state index contributed by atoms with van der Waals surface area (Å²) >= 11 is 7.42. The molecule has 5 nitrogen and oxygen atoms in total. The first-order valence-corrected chi connectivity index (χ1v) is 10.0. The van der Waals surface area contributed by atoms with Crippen molar-refractivity contribution in [3.05, 3.63) is 65.2 Å². The van der Waals surface area contributed by atoms with Gasteiger partial charge in [-0.1, -0.05) is 53.7 Å². The van der Waals surface area contributed by atoms with Crippen LogP contribution in [0.1, 0.15) is 19.4 Å². The minimum absolute atomic E-state index is 0.00944. The van der Waals surface area contributed by atoms with Crippen LogP contribution in [0.15, 0.2) is 59.8 Å². The van der Waals surface area contributed by atoms with Crippen molar-refractivity contribution in [3.8, 4) is 11.4 Å². The fraction of sp³-hybridized carbons (Fsp3) is 0.250. The van der Waals surface area contributed by atoms with Gasteiger partial charge in [-0.2, -0.15) is 0 Å². The van der Waals surface area contributed by atoms with Crippen molar-refractivity contribution >= 4 is 29.3 Å². The van der Waals surface area contributed by atoms with Crippen LogP contribution in [0.3, 0.4) is 0 Å². The van der Waals surface area contributed by atoms with Gasteiger partial charge in [0.2, 0.25) is 5.91 Å². The largest absolute Gasteiger partial charge is 0.355 e. The molecule has 0 saturated heterocycles. The third-order valence-electron chi connectivity index (χ3n) is 4.01. The topological polar surface area (TPSA) is 59.8 Å². The zero-order valence-electron chi connectivity index (χ0n) is 15.2. The number of amides is 1. The molecule has 0 radical (unpaired) electrons. The Morgan fingerprint density at radius 3 is 2.52 bits per heavy atom. The lowest BCUT2D eigenvalue weighted by atomic mass is 10.2. The van der Waals surface area contributed by atoms with Crippen LogP contribution in [-0.4, -0.2) is 32.5 Å². The summed E-state index contributed by atoms with van der Waals surface area (Å²) in [6, 6.07) is 17.6. The second-order valence-electron chi connectivity index (χ2n) is 6.04. The number of halogens is 1. The molecule has 0 spiro atoms. The first-order valence-electron chi connectivity index (χ1n) is 8.76. The molecule has 0 saturated carbocycles. The van der Waals surface area contributed by atoms with Crippen molar-refractivity contribution in [2.75, 3.05) is 6.54 Å². The molecule has 0 bridgehead atoms. The summed E-state index contributed by atoms with van der Waals surface area (Å²) in [7, 11) is 0. The summed E-state index contributed by atoms with van der Waals surface area (Å²) in [4.78, 5) is 12.1. The van der Waals surface area contributed by atoms with E-state index in [2.05, 4.69) is 27.6 Å². The van der Waals surface area contributed by atoms with Gasteiger partial charge in [0.1, 0.15) is 0 Å². The second-order valence-corrected chi connectivity index (χ2v) is 7.78. The molecule has 0 fully saturated rings. The molecule has 1 N–H and O–H groups in total. The number of thioether (sulfide) groups is 1. The summed E-state index contributed by atoms with van der Waals surface area (Å²) in [5.41, 5.74) is 2.07. The third-order valence-corrected chi connectivity index (χ3v) is 5.34. The number of rotatable bonds is 7. The Labute approximate surface area is 168 Å². The summed E-state index contributed by atoms with van der Waals surface area (Å²) < 4.78 is 2.04. The highest BCUT2D eigenvalue weighted by molar-refractivity contribution is 8.00. The Morgan fingerprint density at radius 2 is 1.85 bits per heavy atom. The van der Waals surface area contributed by atoms with Crippen LogP contribution >= 0.6 is 23.4 Å². The zero-order valence-corrected chi connectivity index (χ0v) is 16.8. The molecular formula is C20H21ClN4OS. The Morgan fingerprint density at radius 1 is 1.15 bits per heavy atom. The molecule has 0 aliphatic rings. The molecular weight excluding hydrogens is 380 g/mol. The van der Waals surface area contributed by atoms with E-state index in [4.69, 9.17) is 11.6 Å². The van der Waals surface area contributed by atoms with Gasteiger partial charge in [0, 0.05) is 17.1 Å². The maximum Gasteiger partial charge on any atom is 0.233 e. The van der Waals surface area contributed by atoms with Crippen molar-refractivity contribution in [2.24, 2.45) is 0 Å². The molecule has 2 aromatic carbocycles.